The van der Waals surface area contributed by atoms with Gasteiger partial charge in [0, 0.05) is 24.7 Å². The minimum atomic E-state index is -4.25. The number of aryl methyl sites for hydroxylation is 2. The first-order valence-corrected chi connectivity index (χ1v) is 14.6. The smallest absolute Gasteiger partial charge is 0.342 e. The summed E-state index contributed by atoms with van der Waals surface area (Å²) in [7, 11) is -3.09. The molecule has 11 nitrogen and oxygen atoms in total. The van der Waals surface area contributed by atoms with Crippen LogP contribution in [0.15, 0.2) is 20.9 Å². The first-order chi connectivity index (χ1) is 17.6. The molecule has 2 fully saturated rings. The number of amides is 2. The normalized spacial score (nSPS) is 18.6. The van der Waals surface area contributed by atoms with E-state index in [0.717, 1.165) is 37.1 Å². The number of carbonyl (C=O) groups is 3. The van der Waals surface area contributed by atoms with Gasteiger partial charge < -0.3 is 19.4 Å². The predicted molar refractivity (Wildman–Crippen MR) is 136 cm³/mol. The largest absolute Gasteiger partial charge is 0.465 e. The standard InChI is InChI=1S/C24H32N4O7S2/c1-15-20(23(31)34-3)21(16(2)35-15)37(32,33)27-10-11-28(19(29)14-27)18(13-17-7-5-4-6-8-17)22(30)26-24-25-9-12-36-24/h9,12,17-18H,4-8,10-11,13-14H2,1-3H3,(H,25,26,30). The molecule has 0 spiro atoms. The van der Waals surface area contributed by atoms with Gasteiger partial charge in [-0.3, -0.25) is 9.59 Å². The third kappa shape index (κ3) is 5.73. The van der Waals surface area contributed by atoms with Crippen LogP contribution in [0.4, 0.5) is 5.13 Å². The summed E-state index contributed by atoms with van der Waals surface area (Å²) in [6.07, 6.45) is 7.46. The Morgan fingerprint density at radius 2 is 1.95 bits per heavy atom. The van der Waals surface area contributed by atoms with Gasteiger partial charge in [0.15, 0.2) is 5.13 Å². The fourth-order valence-corrected chi connectivity index (χ4v) is 7.51. The highest BCUT2D eigenvalue weighted by molar-refractivity contribution is 7.89. The second kappa shape index (κ2) is 11.3. The highest BCUT2D eigenvalue weighted by Gasteiger charge is 2.42. The van der Waals surface area contributed by atoms with Gasteiger partial charge >= 0.3 is 5.97 Å². The number of thiazole rings is 1. The first-order valence-electron chi connectivity index (χ1n) is 12.3. The summed E-state index contributed by atoms with van der Waals surface area (Å²) >= 11 is 1.29. The molecule has 0 aromatic carbocycles. The number of nitrogens with zero attached hydrogens (tertiary/aromatic N) is 3. The SMILES string of the molecule is COC(=O)c1c(C)oc(C)c1S(=O)(=O)N1CCN(C(CC2CCCCC2)C(=O)Nc2nccs2)C(=O)C1. The third-order valence-corrected chi connectivity index (χ3v) is 9.72. The van der Waals surface area contributed by atoms with E-state index in [1.807, 2.05) is 0 Å². The topological polar surface area (TPSA) is 139 Å². The van der Waals surface area contributed by atoms with Gasteiger partial charge in [-0.2, -0.15) is 4.31 Å². The van der Waals surface area contributed by atoms with Crippen molar-refractivity contribution in [3.63, 3.8) is 0 Å². The maximum Gasteiger partial charge on any atom is 0.342 e. The number of rotatable bonds is 8. The van der Waals surface area contributed by atoms with Crippen LogP contribution in [0.1, 0.15) is 60.4 Å². The fraction of sp³-hybridized carbons (Fsp3) is 0.583. The minimum absolute atomic E-state index is 0.0238. The molecule has 1 aliphatic carbocycles. The van der Waals surface area contributed by atoms with E-state index >= 15 is 0 Å². The molecule has 4 rings (SSSR count). The van der Waals surface area contributed by atoms with Crippen LogP contribution in [-0.2, 0) is 24.3 Å². The molecular weight excluding hydrogens is 520 g/mol. The van der Waals surface area contributed by atoms with Gasteiger partial charge in [-0.25, -0.2) is 18.2 Å². The number of anilines is 1. The third-order valence-electron chi connectivity index (χ3n) is 7.04. The summed E-state index contributed by atoms with van der Waals surface area (Å²) in [5.74, 6) is -1.13. The molecule has 1 N–H and O–H groups in total. The number of hydrogen-bond acceptors (Lipinski definition) is 9. The fourth-order valence-electron chi connectivity index (χ4n) is 5.23. The molecule has 1 saturated heterocycles. The Labute approximate surface area is 220 Å². The number of ether oxygens (including phenoxy) is 1. The van der Waals surface area contributed by atoms with Crippen molar-refractivity contribution in [1.29, 1.82) is 0 Å². The molecule has 0 bridgehead atoms. The number of piperazine rings is 1. The Bertz CT molecular complexity index is 1250. The molecule has 202 valence electrons. The number of esters is 1. The number of nitrogens with one attached hydrogen (secondary N) is 1. The summed E-state index contributed by atoms with van der Waals surface area (Å²) < 4.78 is 38.3. The second-order valence-electron chi connectivity index (χ2n) is 9.42. The van der Waals surface area contributed by atoms with Crippen LogP contribution in [0.25, 0.3) is 0 Å². The average molecular weight is 553 g/mol. The molecular formula is C24H32N4O7S2. The summed E-state index contributed by atoms with van der Waals surface area (Å²) in [6.45, 7) is 2.51. The molecule has 13 heteroatoms. The van der Waals surface area contributed by atoms with E-state index in [1.54, 1.807) is 11.6 Å². The van der Waals surface area contributed by atoms with E-state index in [0.29, 0.717) is 17.5 Å². The van der Waals surface area contributed by atoms with Crippen molar-refractivity contribution in [2.24, 2.45) is 5.92 Å². The summed E-state index contributed by atoms with van der Waals surface area (Å²) in [5, 5.41) is 5.02. The quantitative estimate of drug-likeness (QED) is 0.493. The maximum atomic E-state index is 13.5. The highest BCUT2D eigenvalue weighted by atomic mass is 32.2. The monoisotopic (exact) mass is 552 g/mol. The van der Waals surface area contributed by atoms with Gasteiger partial charge in [0.25, 0.3) is 0 Å². The van der Waals surface area contributed by atoms with Crippen molar-refractivity contribution >= 4 is 44.3 Å². The van der Waals surface area contributed by atoms with Crippen LogP contribution in [-0.4, -0.2) is 73.2 Å². The van der Waals surface area contributed by atoms with Crippen molar-refractivity contribution < 1.29 is 32.0 Å². The van der Waals surface area contributed by atoms with Crippen molar-refractivity contribution in [3.8, 4) is 0 Å². The van der Waals surface area contributed by atoms with Gasteiger partial charge in [0.2, 0.25) is 21.8 Å². The van der Waals surface area contributed by atoms with Crippen molar-refractivity contribution in [1.82, 2.24) is 14.2 Å². The Morgan fingerprint density at radius 3 is 2.57 bits per heavy atom. The maximum absolute atomic E-state index is 13.5. The first kappa shape index (κ1) is 27.3. The number of methoxy groups -OCH3 is 1. The second-order valence-corrected chi connectivity index (χ2v) is 12.2. The molecule has 3 heterocycles. The van der Waals surface area contributed by atoms with E-state index in [9.17, 15) is 22.8 Å². The van der Waals surface area contributed by atoms with Crippen LogP contribution in [0.2, 0.25) is 0 Å². The van der Waals surface area contributed by atoms with Crippen LogP contribution in [0.3, 0.4) is 0 Å². The Balaban J connectivity index is 1.56. The van der Waals surface area contributed by atoms with Crippen molar-refractivity contribution in [2.75, 3.05) is 32.1 Å². The van der Waals surface area contributed by atoms with Crippen molar-refractivity contribution in [3.05, 3.63) is 28.7 Å². The lowest BCUT2D eigenvalue weighted by atomic mass is 9.84. The zero-order chi connectivity index (χ0) is 26.7. The summed E-state index contributed by atoms with van der Waals surface area (Å²) in [6, 6.07) is -0.729. The number of hydrogen-bond donors (Lipinski definition) is 1. The van der Waals surface area contributed by atoms with E-state index < -0.39 is 34.5 Å². The lowest BCUT2D eigenvalue weighted by Crippen LogP contribution is -2.58. The zero-order valence-electron chi connectivity index (χ0n) is 21.2. The Morgan fingerprint density at radius 1 is 1.22 bits per heavy atom. The predicted octanol–water partition coefficient (Wildman–Crippen LogP) is 2.95. The van der Waals surface area contributed by atoms with Crippen LogP contribution in [0.5, 0.6) is 0 Å². The summed E-state index contributed by atoms with van der Waals surface area (Å²) in [5.41, 5.74) is -0.173. The Kier molecular flexibility index (Phi) is 8.34. The Hall–Kier alpha value is -2.77. The number of sulfonamides is 1. The molecule has 1 aliphatic heterocycles. The molecule has 2 aliphatic rings. The molecule has 1 unspecified atom stereocenters. The lowest BCUT2D eigenvalue weighted by Gasteiger charge is -2.39. The minimum Gasteiger partial charge on any atom is -0.465 e. The number of aromatic nitrogens is 1. The van der Waals surface area contributed by atoms with Gasteiger partial charge in [0.05, 0.1) is 13.7 Å². The van der Waals surface area contributed by atoms with Crippen molar-refractivity contribution in [2.45, 2.75) is 63.3 Å². The van der Waals surface area contributed by atoms with E-state index in [1.165, 1.54) is 36.5 Å². The van der Waals surface area contributed by atoms with E-state index in [4.69, 9.17) is 9.15 Å². The van der Waals surface area contributed by atoms with Gasteiger partial charge in [-0.1, -0.05) is 32.1 Å². The van der Waals surface area contributed by atoms with Gasteiger partial charge in [0.1, 0.15) is 28.0 Å². The van der Waals surface area contributed by atoms with Crippen LogP contribution in [0, 0.1) is 19.8 Å². The van der Waals surface area contributed by atoms with E-state index in [-0.39, 0.29) is 41.0 Å². The average Bonchev–Trinajstić information content (AvgIpc) is 3.49. The molecule has 2 amide bonds. The molecule has 0 radical (unpaired) electrons. The molecule has 1 atom stereocenters. The summed E-state index contributed by atoms with van der Waals surface area (Å²) in [4.78, 5) is 44.3. The van der Waals surface area contributed by atoms with Crippen LogP contribution >= 0.6 is 11.3 Å². The highest BCUT2D eigenvalue weighted by Crippen LogP contribution is 2.32. The van der Waals surface area contributed by atoms with Gasteiger partial charge in [-0.15, -0.1) is 11.3 Å². The van der Waals surface area contributed by atoms with Crippen LogP contribution < -0.4 is 5.32 Å². The number of furan rings is 1. The zero-order valence-corrected chi connectivity index (χ0v) is 22.8. The number of carbonyl (C=O) groups excluding carboxylic acids is 3. The van der Waals surface area contributed by atoms with Gasteiger partial charge in [-0.05, 0) is 26.2 Å². The molecule has 37 heavy (non-hydrogen) atoms. The molecule has 2 aromatic heterocycles. The molecule has 1 saturated carbocycles. The molecule has 2 aromatic rings. The van der Waals surface area contributed by atoms with E-state index in [2.05, 4.69) is 10.3 Å². The lowest BCUT2D eigenvalue weighted by molar-refractivity contribution is -0.142.